The first-order chi connectivity index (χ1) is 20.6. The number of benzene rings is 4. The highest BCUT2D eigenvalue weighted by atomic mass is 32.2. The molecule has 43 heavy (non-hydrogen) atoms. The number of aryl methyl sites for hydroxylation is 2. The van der Waals surface area contributed by atoms with Gasteiger partial charge in [-0.1, -0.05) is 78.4 Å². The fraction of sp³-hybridized carbons (Fsp3) is 0.235. The van der Waals surface area contributed by atoms with Crippen molar-refractivity contribution in [1.82, 2.24) is 10.2 Å². The van der Waals surface area contributed by atoms with Crippen molar-refractivity contribution in [1.29, 1.82) is 0 Å². The normalized spacial score (nSPS) is 11.9. The van der Waals surface area contributed by atoms with Crippen LogP contribution in [-0.2, 0) is 32.6 Å². The summed E-state index contributed by atoms with van der Waals surface area (Å²) in [5.74, 6) is -1.37. The van der Waals surface area contributed by atoms with Crippen molar-refractivity contribution in [3.8, 4) is 0 Å². The van der Waals surface area contributed by atoms with Crippen molar-refractivity contribution < 1.29 is 22.4 Å². The van der Waals surface area contributed by atoms with Gasteiger partial charge in [-0.2, -0.15) is 0 Å². The van der Waals surface area contributed by atoms with E-state index in [1.165, 1.54) is 29.2 Å². The minimum Gasteiger partial charge on any atom is -0.355 e. The maximum atomic E-state index is 14.4. The summed E-state index contributed by atoms with van der Waals surface area (Å²) < 4.78 is 43.0. The van der Waals surface area contributed by atoms with E-state index in [1.54, 1.807) is 56.3 Å². The first kappa shape index (κ1) is 31.4. The van der Waals surface area contributed by atoms with Crippen LogP contribution in [0.5, 0.6) is 0 Å². The first-order valence-corrected chi connectivity index (χ1v) is 15.5. The molecule has 0 saturated heterocycles. The second-order valence-electron chi connectivity index (χ2n) is 10.4. The Morgan fingerprint density at radius 2 is 1.47 bits per heavy atom. The molecule has 0 unspecified atom stereocenters. The largest absolute Gasteiger partial charge is 0.355 e. The van der Waals surface area contributed by atoms with Gasteiger partial charge in [-0.3, -0.25) is 13.9 Å². The van der Waals surface area contributed by atoms with Crippen molar-refractivity contribution >= 4 is 27.5 Å². The zero-order valence-corrected chi connectivity index (χ0v) is 25.4. The molecular formula is C34H36FN3O4S. The van der Waals surface area contributed by atoms with E-state index in [2.05, 4.69) is 5.32 Å². The molecule has 0 fully saturated rings. The van der Waals surface area contributed by atoms with Crippen LogP contribution < -0.4 is 9.62 Å². The van der Waals surface area contributed by atoms with Crippen molar-refractivity contribution in [3.63, 3.8) is 0 Å². The lowest BCUT2D eigenvalue weighted by Gasteiger charge is -2.34. The maximum absolute atomic E-state index is 14.4. The van der Waals surface area contributed by atoms with E-state index in [-0.39, 0.29) is 23.8 Å². The summed E-state index contributed by atoms with van der Waals surface area (Å²) >= 11 is 0. The SMILES string of the molecule is CCNC(=O)[C@H](Cc1ccccc1)N(Cc1ccc(F)cc1)C(=O)CN(c1ccc(C)cc1C)S(=O)(=O)c1ccccc1. The summed E-state index contributed by atoms with van der Waals surface area (Å²) in [5.41, 5.74) is 3.42. The van der Waals surface area contributed by atoms with E-state index in [0.29, 0.717) is 23.4 Å². The molecule has 224 valence electrons. The van der Waals surface area contributed by atoms with Gasteiger partial charge in [0.05, 0.1) is 10.6 Å². The molecule has 4 aromatic rings. The molecule has 2 amide bonds. The lowest BCUT2D eigenvalue weighted by Crippen LogP contribution is -2.53. The Balaban J connectivity index is 1.81. The van der Waals surface area contributed by atoms with Crippen LogP contribution in [0, 0.1) is 19.7 Å². The lowest BCUT2D eigenvalue weighted by molar-refractivity contribution is -0.140. The van der Waals surface area contributed by atoms with Gasteiger partial charge in [0, 0.05) is 19.5 Å². The number of rotatable bonds is 12. The summed E-state index contributed by atoms with van der Waals surface area (Å²) in [6.07, 6.45) is 0.203. The van der Waals surface area contributed by atoms with Crippen molar-refractivity contribution in [2.24, 2.45) is 0 Å². The molecule has 4 rings (SSSR count). The fourth-order valence-electron chi connectivity index (χ4n) is 4.95. The van der Waals surface area contributed by atoms with Crippen LogP contribution in [-0.4, -0.2) is 44.3 Å². The molecule has 0 bridgehead atoms. The predicted molar refractivity (Wildman–Crippen MR) is 166 cm³/mol. The summed E-state index contributed by atoms with van der Waals surface area (Å²) in [4.78, 5) is 29.3. The van der Waals surface area contributed by atoms with E-state index in [1.807, 2.05) is 43.3 Å². The second kappa shape index (κ2) is 14.1. The second-order valence-corrected chi connectivity index (χ2v) is 12.2. The van der Waals surface area contributed by atoms with Gasteiger partial charge in [0.2, 0.25) is 11.8 Å². The molecule has 0 aliphatic rings. The van der Waals surface area contributed by atoms with Gasteiger partial charge in [-0.15, -0.1) is 0 Å². The van der Waals surface area contributed by atoms with Crippen molar-refractivity contribution in [3.05, 3.63) is 131 Å². The summed E-state index contributed by atoms with van der Waals surface area (Å²) in [6.45, 7) is 5.26. The number of carbonyl (C=O) groups excluding carboxylic acids is 2. The highest BCUT2D eigenvalue weighted by Crippen LogP contribution is 2.28. The first-order valence-electron chi connectivity index (χ1n) is 14.1. The van der Waals surface area contributed by atoms with Gasteiger partial charge >= 0.3 is 0 Å². The van der Waals surface area contributed by atoms with Gasteiger partial charge in [0.25, 0.3) is 10.0 Å². The molecule has 0 spiro atoms. The molecule has 4 aromatic carbocycles. The Labute approximate surface area is 253 Å². The van der Waals surface area contributed by atoms with Gasteiger partial charge in [0.1, 0.15) is 18.4 Å². The Hall–Kier alpha value is -4.50. The van der Waals surface area contributed by atoms with Crippen molar-refractivity contribution in [2.45, 2.75) is 44.7 Å². The smallest absolute Gasteiger partial charge is 0.264 e. The van der Waals surface area contributed by atoms with Gasteiger partial charge in [-0.05, 0) is 67.8 Å². The Morgan fingerprint density at radius 3 is 2.07 bits per heavy atom. The Morgan fingerprint density at radius 1 is 0.837 bits per heavy atom. The topological polar surface area (TPSA) is 86.8 Å². The molecular weight excluding hydrogens is 565 g/mol. The number of nitrogens with zero attached hydrogens (tertiary/aromatic N) is 2. The summed E-state index contributed by atoms with van der Waals surface area (Å²) in [7, 11) is -4.18. The third-order valence-corrected chi connectivity index (χ3v) is 8.89. The van der Waals surface area contributed by atoms with Crippen LogP contribution in [0.25, 0.3) is 0 Å². The molecule has 0 aliphatic heterocycles. The maximum Gasteiger partial charge on any atom is 0.264 e. The Kier molecular flexibility index (Phi) is 10.3. The number of anilines is 1. The van der Waals surface area contributed by atoms with Crippen LogP contribution in [0.2, 0.25) is 0 Å². The molecule has 7 nitrogen and oxygen atoms in total. The number of nitrogens with one attached hydrogen (secondary N) is 1. The third-order valence-electron chi connectivity index (χ3n) is 7.12. The van der Waals surface area contributed by atoms with Crippen LogP contribution in [0.3, 0.4) is 0 Å². The highest BCUT2D eigenvalue weighted by molar-refractivity contribution is 7.92. The van der Waals surface area contributed by atoms with E-state index >= 15 is 0 Å². The Bertz CT molecular complexity index is 1650. The average Bonchev–Trinajstić information content (AvgIpc) is 3.00. The number of hydrogen-bond donors (Lipinski definition) is 1. The van der Waals surface area contributed by atoms with E-state index in [0.717, 1.165) is 15.4 Å². The van der Waals surface area contributed by atoms with Crippen LogP contribution in [0.4, 0.5) is 10.1 Å². The zero-order valence-electron chi connectivity index (χ0n) is 24.5. The highest BCUT2D eigenvalue weighted by Gasteiger charge is 2.34. The van der Waals surface area contributed by atoms with E-state index < -0.39 is 34.3 Å². The number of likely N-dealkylation sites (N-methyl/N-ethyl adjacent to an activating group) is 1. The minimum absolute atomic E-state index is 0.0279. The summed E-state index contributed by atoms with van der Waals surface area (Å²) in [5, 5.41) is 2.83. The standard InChI is InChI=1S/C34H36FN3O4S/c1-4-36-34(40)32(22-27-11-7-5-8-12-27)37(23-28-16-18-29(35)19-17-28)33(39)24-38(31-20-15-25(2)21-26(31)3)43(41,42)30-13-9-6-10-14-30/h5-21,32H,4,22-24H2,1-3H3,(H,36,40)/t32-/m0/s1. The molecule has 0 heterocycles. The monoisotopic (exact) mass is 601 g/mol. The number of hydrogen-bond acceptors (Lipinski definition) is 4. The molecule has 9 heteroatoms. The van der Waals surface area contributed by atoms with Crippen LogP contribution >= 0.6 is 0 Å². The molecule has 0 aliphatic carbocycles. The zero-order chi connectivity index (χ0) is 31.0. The number of halogens is 1. The van der Waals surface area contributed by atoms with Gasteiger partial charge in [-0.25, -0.2) is 12.8 Å². The fourth-order valence-corrected chi connectivity index (χ4v) is 6.45. The average molecular weight is 602 g/mol. The van der Waals surface area contributed by atoms with E-state index in [4.69, 9.17) is 0 Å². The van der Waals surface area contributed by atoms with Crippen molar-refractivity contribution in [2.75, 3.05) is 17.4 Å². The van der Waals surface area contributed by atoms with E-state index in [9.17, 15) is 22.4 Å². The number of carbonyl (C=O) groups is 2. The number of sulfonamides is 1. The molecule has 0 saturated carbocycles. The van der Waals surface area contributed by atoms with Gasteiger partial charge in [0.15, 0.2) is 0 Å². The lowest BCUT2D eigenvalue weighted by atomic mass is 10.0. The molecule has 1 atom stereocenters. The minimum atomic E-state index is -4.18. The molecule has 1 N–H and O–H groups in total. The van der Waals surface area contributed by atoms with Crippen LogP contribution in [0.1, 0.15) is 29.2 Å². The molecule has 0 radical (unpaired) electrons. The number of amides is 2. The summed E-state index contributed by atoms with van der Waals surface area (Å²) in [6, 6.07) is 27.3. The third kappa shape index (κ3) is 7.87. The quantitative estimate of drug-likeness (QED) is 0.235. The molecule has 0 aromatic heterocycles. The predicted octanol–water partition coefficient (Wildman–Crippen LogP) is 5.41. The van der Waals surface area contributed by atoms with Gasteiger partial charge < -0.3 is 10.2 Å². The van der Waals surface area contributed by atoms with Crippen LogP contribution in [0.15, 0.2) is 108 Å².